The van der Waals surface area contributed by atoms with Crippen LogP contribution in [0.4, 0.5) is 0 Å². The van der Waals surface area contributed by atoms with E-state index in [1.165, 1.54) is 30.4 Å². The van der Waals surface area contributed by atoms with Gasteiger partial charge in [-0.05, 0) is 63.1 Å². The van der Waals surface area contributed by atoms with Crippen LogP contribution >= 0.6 is 0 Å². The minimum absolute atomic E-state index is 0.567. The summed E-state index contributed by atoms with van der Waals surface area (Å²) in [7, 11) is 0. The first-order valence-electron chi connectivity index (χ1n) is 7.18. The maximum Gasteiger partial charge on any atom is 0.00793 e. The molecule has 1 heteroatoms. The maximum atomic E-state index is 3.69. The van der Waals surface area contributed by atoms with Crippen molar-refractivity contribution in [2.45, 2.75) is 45.6 Å². The summed E-state index contributed by atoms with van der Waals surface area (Å²) in [6, 6.07) is 9.27. The third-order valence-corrected chi connectivity index (χ3v) is 3.92. The van der Waals surface area contributed by atoms with Gasteiger partial charge in [0.15, 0.2) is 0 Å². The van der Waals surface area contributed by atoms with Gasteiger partial charge >= 0.3 is 0 Å². The summed E-state index contributed by atoms with van der Waals surface area (Å²) >= 11 is 0. The lowest BCUT2D eigenvalue weighted by Crippen LogP contribution is -2.33. The predicted octanol–water partition coefficient (Wildman–Crippen LogP) is 3.87. The van der Waals surface area contributed by atoms with Gasteiger partial charge in [0.25, 0.3) is 0 Å². The van der Waals surface area contributed by atoms with Crippen molar-refractivity contribution in [2.75, 3.05) is 6.54 Å². The van der Waals surface area contributed by atoms with Crippen LogP contribution in [0.1, 0.15) is 37.3 Å². The lowest BCUT2D eigenvalue weighted by molar-refractivity contribution is 0.410. The standard InChI is InChI=1S/C17H25N/c1-14-8-6-7-11-17(14)12-15(2)18-13-16-9-4-3-5-10-16/h3-4,6-8,11,15-16,18H,5,9-10,12-13H2,1-2H3. The molecular weight excluding hydrogens is 218 g/mol. The van der Waals surface area contributed by atoms with Gasteiger partial charge in [-0.3, -0.25) is 0 Å². The molecule has 2 atom stereocenters. The SMILES string of the molecule is Cc1ccccc1CC(C)NCC1CC=CCC1. The van der Waals surface area contributed by atoms with E-state index in [0.717, 1.165) is 18.9 Å². The van der Waals surface area contributed by atoms with Gasteiger partial charge in [0, 0.05) is 6.04 Å². The summed E-state index contributed by atoms with van der Waals surface area (Å²) in [5.74, 6) is 0.842. The summed E-state index contributed by atoms with van der Waals surface area (Å²) < 4.78 is 0. The molecule has 0 bridgehead atoms. The minimum atomic E-state index is 0.567. The molecule has 0 fully saturated rings. The summed E-state index contributed by atoms with van der Waals surface area (Å²) in [6.45, 7) is 5.66. The van der Waals surface area contributed by atoms with Gasteiger partial charge < -0.3 is 5.32 Å². The molecule has 0 radical (unpaired) electrons. The molecule has 0 amide bonds. The highest BCUT2D eigenvalue weighted by Crippen LogP contribution is 2.17. The molecule has 1 aliphatic carbocycles. The number of hydrogen-bond acceptors (Lipinski definition) is 1. The Labute approximate surface area is 111 Å². The largest absolute Gasteiger partial charge is 0.314 e. The fraction of sp³-hybridized carbons (Fsp3) is 0.529. The molecule has 1 aromatic carbocycles. The summed E-state index contributed by atoms with van der Waals surface area (Å²) in [6.07, 6.45) is 9.65. The molecule has 1 nitrogen and oxygen atoms in total. The van der Waals surface area contributed by atoms with E-state index in [1.54, 1.807) is 0 Å². The Morgan fingerprint density at radius 2 is 2.11 bits per heavy atom. The van der Waals surface area contributed by atoms with Crippen molar-refractivity contribution in [1.29, 1.82) is 0 Å². The van der Waals surface area contributed by atoms with Gasteiger partial charge in [-0.25, -0.2) is 0 Å². The van der Waals surface area contributed by atoms with E-state index in [2.05, 4.69) is 55.6 Å². The molecule has 0 heterocycles. The molecular formula is C17H25N. The Kier molecular flexibility index (Phi) is 5.00. The van der Waals surface area contributed by atoms with Crippen LogP contribution in [0, 0.1) is 12.8 Å². The van der Waals surface area contributed by atoms with Crippen molar-refractivity contribution < 1.29 is 0 Å². The minimum Gasteiger partial charge on any atom is -0.314 e. The van der Waals surface area contributed by atoms with E-state index < -0.39 is 0 Å². The third kappa shape index (κ3) is 3.99. The number of hydrogen-bond donors (Lipinski definition) is 1. The molecule has 1 aliphatic rings. The Hall–Kier alpha value is -1.08. The molecule has 1 N–H and O–H groups in total. The first-order valence-corrected chi connectivity index (χ1v) is 7.18. The van der Waals surface area contributed by atoms with Crippen LogP contribution in [0.15, 0.2) is 36.4 Å². The van der Waals surface area contributed by atoms with Gasteiger partial charge in [-0.15, -0.1) is 0 Å². The molecule has 2 unspecified atom stereocenters. The van der Waals surface area contributed by atoms with Gasteiger partial charge in [-0.1, -0.05) is 36.4 Å². The number of nitrogens with one attached hydrogen (secondary N) is 1. The van der Waals surface area contributed by atoms with Gasteiger partial charge in [0.2, 0.25) is 0 Å². The van der Waals surface area contributed by atoms with Crippen LogP contribution in [0.25, 0.3) is 0 Å². The number of allylic oxidation sites excluding steroid dienone is 2. The Morgan fingerprint density at radius 1 is 1.28 bits per heavy atom. The zero-order valence-electron chi connectivity index (χ0n) is 11.7. The molecule has 0 spiro atoms. The lowest BCUT2D eigenvalue weighted by Gasteiger charge is -2.22. The fourth-order valence-electron chi connectivity index (χ4n) is 2.65. The van der Waals surface area contributed by atoms with E-state index in [-0.39, 0.29) is 0 Å². The fourth-order valence-corrected chi connectivity index (χ4v) is 2.65. The van der Waals surface area contributed by atoms with Crippen LogP contribution in [0.3, 0.4) is 0 Å². The van der Waals surface area contributed by atoms with Crippen LogP contribution in [0.5, 0.6) is 0 Å². The van der Waals surface area contributed by atoms with Crippen molar-refractivity contribution in [3.63, 3.8) is 0 Å². The highest BCUT2D eigenvalue weighted by atomic mass is 14.9. The molecule has 0 saturated carbocycles. The van der Waals surface area contributed by atoms with Crippen molar-refractivity contribution in [1.82, 2.24) is 5.32 Å². The summed E-state index contributed by atoms with van der Waals surface area (Å²) in [4.78, 5) is 0. The van der Waals surface area contributed by atoms with E-state index >= 15 is 0 Å². The van der Waals surface area contributed by atoms with Crippen LogP contribution in [-0.2, 0) is 6.42 Å². The van der Waals surface area contributed by atoms with Crippen molar-refractivity contribution in [3.05, 3.63) is 47.5 Å². The second kappa shape index (κ2) is 6.75. The molecule has 2 rings (SSSR count). The first-order chi connectivity index (χ1) is 8.75. The molecule has 18 heavy (non-hydrogen) atoms. The smallest absolute Gasteiger partial charge is 0.00793 e. The van der Waals surface area contributed by atoms with Crippen LogP contribution < -0.4 is 5.32 Å². The van der Waals surface area contributed by atoms with E-state index in [1.807, 2.05) is 0 Å². The van der Waals surface area contributed by atoms with Crippen molar-refractivity contribution in [3.8, 4) is 0 Å². The Balaban J connectivity index is 1.76. The van der Waals surface area contributed by atoms with E-state index in [4.69, 9.17) is 0 Å². The summed E-state index contributed by atoms with van der Waals surface area (Å²) in [5, 5.41) is 3.69. The second-order valence-corrected chi connectivity index (χ2v) is 5.59. The topological polar surface area (TPSA) is 12.0 Å². The quantitative estimate of drug-likeness (QED) is 0.774. The predicted molar refractivity (Wildman–Crippen MR) is 78.8 cm³/mol. The molecule has 98 valence electrons. The Morgan fingerprint density at radius 3 is 2.83 bits per heavy atom. The first kappa shape index (κ1) is 13.4. The summed E-state index contributed by atoms with van der Waals surface area (Å²) in [5.41, 5.74) is 2.88. The third-order valence-electron chi connectivity index (χ3n) is 3.92. The highest BCUT2D eigenvalue weighted by molar-refractivity contribution is 5.26. The monoisotopic (exact) mass is 243 g/mol. The zero-order chi connectivity index (χ0) is 12.8. The van der Waals surface area contributed by atoms with Gasteiger partial charge in [0.05, 0.1) is 0 Å². The normalized spacial score (nSPS) is 20.9. The average molecular weight is 243 g/mol. The number of rotatable bonds is 5. The highest BCUT2D eigenvalue weighted by Gasteiger charge is 2.11. The molecule has 0 saturated heterocycles. The van der Waals surface area contributed by atoms with Crippen molar-refractivity contribution >= 4 is 0 Å². The Bertz CT molecular complexity index is 394. The zero-order valence-corrected chi connectivity index (χ0v) is 11.7. The molecule has 1 aromatic rings. The second-order valence-electron chi connectivity index (χ2n) is 5.59. The van der Waals surface area contributed by atoms with Gasteiger partial charge in [-0.2, -0.15) is 0 Å². The lowest BCUT2D eigenvalue weighted by atomic mass is 9.94. The maximum absolute atomic E-state index is 3.69. The van der Waals surface area contributed by atoms with E-state index in [9.17, 15) is 0 Å². The van der Waals surface area contributed by atoms with Crippen molar-refractivity contribution in [2.24, 2.45) is 5.92 Å². The van der Waals surface area contributed by atoms with E-state index in [0.29, 0.717) is 6.04 Å². The molecule has 0 aromatic heterocycles. The van der Waals surface area contributed by atoms with Crippen LogP contribution in [0.2, 0.25) is 0 Å². The molecule has 0 aliphatic heterocycles. The van der Waals surface area contributed by atoms with Crippen LogP contribution in [-0.4, -0.2) is 12.6 Å². The van der Waals surface area contributed by atoms with Gasteiger partial charge in [0.1, 0.15) is 0 Å². The average Bonchev–Trinajstić information content (AvgIpc) is 2.40. The number of aryl methyl sites for hydroxylation is 1. The number of benzene rings is 1.